The van der Waals surface area contributed by atoms with Gasteiger partial charge in [-0.2, -0.15) is 0 Å². The van der Waals surface area contributed by atoms with Gasteiger partial charge in [0.1, 0.15) is 6.23 Å². The van der Waals surface area contributed by atoms with Gasteiger partial charge in [0.15, 0.2) is 0 Å². The second-order valence-corrected chi connectivity index (χ2v) is 3.94. The van der Waals surface area contributed by atoms with E-state index in [-0.39, 0.29) is 12.0 Å². The predicted molar refractivity (Wildman–Crippen MR) is 63.9 cm³/mol. The summed E-state index contributed by atoms with van der Waals surface area (Å²) in [5, 5.41) is 9.44. The maximum absolute atomic E-state index is 9.44. The van der Waals surface area contributed by atoms with Crippen molar-refractivity contribution in [3.05, 3.63) is 59.7 Å². The minimum Gasteiger partial charge on any atom is -0.378 e. The molecule has 84 valence electrons. The molecule has 0 heterocycles. The lowest BCUT2D eigenvalue weighted by Gasteiger charge is -2.37. The van der Waals surface area contributed by atoms with Gasteiger partial charge in [-0.25, -0.2) is 0 Å². The molecule has 0 fully saturated rings. The first kappa shape index (κ1) is 11.1. The van der Waals surface area contributed by atoms with Crippen LogP contribution in [0.2, 0.25) is 0 Å². The van der Waals surface area contributed by atoms with Crippen LogP contribution in [0.15, 0.2) is 48.5 Å². The van der Waals surface area contributed by atoms with Crippen LogP contribution < -0.4 is 11.5 Å². The molecule has 0 aromatic heterocycles. The molecule has 0 radical (unpaired) electrons. The molecule has 16 heavy (non-hydrogen) atoms. The van der Waals surface area contributed by atoms with E-state index in [2.05, 4.69) is 0 Å². The number of aliphatic hydroxyl groups is 1. The van der Waals surface area contributed by atoms with E-state index < -0.39 is 6.23 Å². The third-order valence-corrected chi connectivity index (χ3v) is 2.91. The molecule has 3 unspecified atom stereocenters. The van der Waals surface area contributed by atoms with Crippen molar-refractivity contribution in [3.63, 3.8) is 0 Å². The standard InChI is InChI=1S/C13H16N2O/c14-12-10-8-6-4-2-1-3-5-7-9(10)11(12)13(15)16/h1-8,11-13,16H,14-15H2. The van der Waals surface area contributed by atoms with Crippen molar-refractivity contribution < 1.29 is 5.11 Å². The summed E-state index contributed by atoms with van der Waals surface area (Å²) in [5.74, 6) is -0.160. The van der Waals surface area contributed by atoms with E-state index in [0.29, 0.717) is 0 Å². The van der Waals surface area contributed by atoms with Crippen LogP contribution >= 0.6 is 0 Å². The highest BCUT2D eigenvalue weighted by Crippen LogP contribution is 2.42. The lowest BCUT2D eigenvalue weighted by molar-refractivity contribution is 0.125. The smallest absolute Gasteiger partial charge is 0.111 e. The first-order valence-electron chi connectivity index (χ1n) is 5.33. The minimum absolute atomic E-state index is 0.160. The van der Waals surface area contributed by atoms with Crippen molar-refractivity contribution >= 4 is 0 Å². The highest BCUT2D eigenvalue weighted by atomic mass is 16.3. The first-order chi connectivity index (χ1) is 7.72. The van der Waals surface area contributed by atoms with Gasteiger partial charge in [0.25, 0.3) is 0 Å². The Morgan fingerprint density at radius 2 is 1.44 bits per heavy atom. The maximum Gasteiger partial charge on any atom is 0.111 e. The Bertz CT molecular complexity index is 430. The lowest BCUT2D eigenvalue weighted by Crippen LogP contribution is -2.42. The van der Waals surface area contributed by atoms with Crippen molar-refractivity contribution in [1.29, 1.82) is 0 Å². The summed E-state index contributed by atoms with van der Waals surface area (Å²) in [6.07, 6.45) is -0.894. The number of hydrogen-bond donors (Lipinski definition) is 3. The zero-order valence-electron chi connectivity index (χ0n) is 8.95. The van der Waals surface area contributed by atoms with Gasteiger partial charge in [-0.15, -0.1) is 0 Å². The highest BCUT2D eigenvalue weighted by molar-refractivity contribution is 5.43. The molecule has 0 saturated carbocycles. The van der Waals surface area contributed by atoms with Gasteiger partial charge in [-0.1, -0.05) is 48.5 Å². The van der Waals surface area contributed by atoms with Crippen LogP contribution in [0.4, 0.5) is 0 Å². The Balaban J connectivity index is 2.50. The third kappa shape index (κ3) is 1.93. The summed E-state index contributed by atoms with van der Waals surface area (Å²) >= 11 is 0. The minimum atomic E-state index is -0.894. The van der Waals surface area contributed by atoms with Crippen LogP contribution in [0.5, 0.6) is 0 Å². The van der Waals surface area contributed by atoms with Gasteiger partial charge in [-0.05, 0) is 11.1 Å². The number of hydrogen-bond acceptors (Lipinski definition) is 3. The quantitative estimate of drug-likeness (QED) is 0.617. The molecule has 5 N–H and O–H groups in total. The van der Waals surface area contributed by atoms with E-state index in [0.717, 1.165) is 11.1 Å². The molecule has 0 amide bonds. The average Bonchev–Trinajstić information content (AvgIpc) is 2.25. The van der Waals surface area contributed by atoms with Crippen LogP contribution in [-0.2, 0) is 0 Å². The second-order valence-electron chi connectivity index (χ2n) is 3.94. The van der Waals surface area contributed by atoms with E-state index >= 15 is 0 Å². The van der Waals surface area contributed by atoms with Gasteiger partial charge in [0.2, 0.25) is 0 Å². The molecule has 0 bridgehead atoms. The molecule has 3 heteroatoms. The Morgan fingerprint density at radius 1 is 0.938 bits per heavy atom. The zero-order chi connectivity index (χ0) is 11.5. The molecule has 3 nitrogen and oxygen atoms in total. The summed E-state index contributed by atoms with van der Waals surface area (Å²) in [4.78, 5) is 0. The fourth-order valence-electron chi connectivity index (χ4n) is 2.06. The van der Waals surface area contributed by atoms with Gasteiger partial charge in [0, 0.05) is 12.0 Å². The van der Waals surface area contributed by atoms with Gasteiger partial charge < -0.3 is 16.6 Å². The van der Waals surface area contributed by atoms with Crippen LogP contribution in [0, 0.1) is 0 Å². The maximum atomic E-state index is 9.44. The Morgan fingerprint density at radius 3 is 2.00 bits per heavy atom. The number of fused-ring (bicyclic) bond motifs is 1. The molecule has 0 saturated heterocycles. The summed E-state index contributed by atoms with van der Waals surface area (Å²) in [6, 6.07) is 15.4. The molecule has 1 aromatic rings. The number of aliphatic hydroxyl groups excluding tert-OH is 1. The molecule has 1 aliphatic rings. The SMILES string of the molecule is NC(O)C1c2ccccccccc2C1N. The van der Waals surface area contributed by atoms with Crippen molar-refractivity contribution in [3.8, 4) is 0 Å². The van der Waals surface area contributed by atoms with E-state index in [1.165, 1.54) is 0 Å². The molecular weight excluding hydrogens is 200 g/mol. The summed E-state index contributed by atoms with van der Waals surface area (Å²) in [6.45, 7) is 0. The van der Waals surface area contributed by atoms with Gasteiger partial charge in [-0.3, -0.25) is 0 Å². The molecule has 3 atom stereocenters. The van der Waals surface area contributed by atoms with Crippen LogP contribution in [0.3, 0.4) is 0 Å². The summed E-state index contributed by atoms with van der Waals surface area (Å²) in [5.41, 5.74) is 13.5. The van der Waals surface area contributed by atoms with Crippen molar-refractivity contribution in [2.24, 2.45) is 11.5 Å². The molecule has 1 aliphatic carbocycles. The number of nitrogens with two attached hydrogens (primary N) is 2. The van der Waals surface area contributed by atoms with Crippen molar-refractivity contribution in [2.75, 3.05) is 0 Å². The third-order valence-electron chi connectivity index (χ3n) is 2.91. The van der Waals surface area contributed by atoms with Crippen LogP contribution in [-0.4, -0.2) is 11.3 Å². The summed E-state index contributed by atoms with van der Waals surface area (Å²) < 4.78 is 0. The molecule has 2 rings (SSSR count). The fourth-order valence-corrected chi connectivity index (χ4v) is 2.06. The Labute approximate surface area is 95.0 Å². The van der Waals surface area contributed by atoms with Gasteiger partial charge >= 0.3 is 0 Å². The topological polar surface area (TPSA) is 72.3 Å². The van der Waals surface area contributed by atoms with Crippen molar-refractivity contribution in [2.45, 2.75) is 18.2 Å². The largest absolute Gasteiger partial charge is 0.378 e. The van der Waals surface area contributed by atoms with Crippen molar-refractivity contribution in [1.82, 2.24) is 0 Å². The van der Waals surface area contributed by atoms with Crippen LogP contribution in [0.1, 0.15) is 23.1 Å². The second kappa shape index (κ2) is 4.61. The zero-order valence-corrected chi connectivity index (χ0v) is 8.95. The van der Waals surface area contributed by atoms with E-state index in [1.54, 1.807) is 0 Å². The first-order valence-corrected chi connectivity index (χ1v) is 5.33. The number of rotatable bonds is 1. The van der Waals surface area contributed by atoms with E-state index in [9.17, 15) is 5.11 Å². The fraction of sp³-hybridized carbons (Fsp3) is 0.231. The van der Waals surface area contributed by atoms with Gasteiger partial charge in [0.05, 0.1) is 0 Å². The van der Waals surface area contributed by atoms with Crippen LogP contribution in [0.25, 0.3) is 0 Å². The normalized spacial score (nSPS) is 23.7. The summed E-state index contributed by atoms with van der Waals surface area (Å²) in [7, 11) is 0. The predicted octanol–water partition coefficient (Wildman–Crippen LogP) is 1.19. The Kier molecular flexibility index (Phi) is 3.19. The lowest BCUT2D eigenvalue weighted by atomic mass is 9.73. The van der Waals surface area contributed by atoms with E-state index in [1.807, 2.05) is 48.5 Å². The van der Waals surface area contributed by atoms with E-state index in [4.69, 9.17) is 11.5 Å². The molecule has 1 aromatic carbocycles. The highest BCUT2D eigenvalue weighted by Gasteiger charge is 2.37. The monoisotopic (exact) mass is 216 g/mol. The Hall–Kier alpha value is -1.42. The molecular formula is C13H16N2O. The molecule has 0 spiro atoms. The average molecular weight is 216 g/mol. The molecule has 0 aliphatic heterocycles.